The molecule has 1 amide bonds. The van der Waals surface area contributed by atoms with Gasteiger partial charge in [-0.25, -0.2) is 15.0 Å². The zero-order chi connectivity index (χ0) is 13.9. The Bertz CT molecular complexity index is 773. The molecule has 0 atom stereocenters. The summed E-state index contributed by atoms with van der Waals surface area (Å²) in [6, 6.07) is 8.96. The van der Waals surface area contributed by atoms with Crippen LogP contribution < -0.4 is 11.1 Å². The van der Waals surface area contributed by atoms with Gasteiger partial charge in [-0.05, 0) is 12.1 Å². The van der Waals surface area contributed by atoms with E-state index in [-0.39, 0.29) is 11.6 Å². The summed E-state index contributed by atoms with van der Waals surface area (Å²) in [5.74, 6) is -0.350. The fourth-order valence-corrected chi connectivity index (χ4v) is 1.88. The van der Waals surface area contributed by atoms with Crippen molar-refractivity contribution in [1.29, 1.82) is 0 Å². The Balaban J connectivity index is 1.96. The zero-order valence-electron chi connectivity index (χ0n) is 10.4. The number of fused-ring (bicyclic) bond motifs is 1. The predicted octanol–water partition coefficient (Wildman–Crippen LogP) is 1.86. The van der Waals surface area contributed by atoms with Crippen molar-refractivity contribution in [2.45, 2.75) is 0 Å². The first-order chi connectivity index (χ1) is 9.74. The minimum atomic E-state index is -0.350. The van der Waals surface area contributed by atoms with Gasteiger partial charge in [0.2, 0.25) is 0 Å². The van der Waals surface area contributed by atoms with Crippen LogP contribution in [-0.4, -0.2) is 20.9 Å². The predicted molar refractivity (Wildman–Crippen MR) is 76.1 cm³/mol. The number of nitrogen functional groups attached to an aromatic ring is 1. The minimum Gasteiger partial charge on any atom is -0.398 e. The number of rotatable bonds is 2. The van der Waals surface area contributed by atoms with Crippen LogP contribution in [0.25, 0.3) is 10.9 Å². The number of carbonyl (C=O) groups is 1. The number of anilines is 2. The van der Waals surface area contributed by atoms with Crippen molar-refractivity contribution < 1.29 is 4.79 Å². The second-order valence-corrected chi connectivity index (χ2v) is 4.20. The van der Waals surface area contributed by atoms with E-state index in [0.29, 0.717) is 16.9 Å². The highest BCUT2D eigenvalue weighted by Crippen LogP contribution is 2.20. The van der Waals surface area contributed by atoms with Gasteiger partial charge >= 0.3 is 0 Å². The van der Waals surface area contributed by atoms with E-state index < -0.39 is 0 Å². The SMILES string of the molecule is Nc1cc(C(=O)Nc2cncnc2)nc2ccccc12. The number of hydrogen-bond acceptors (Lipinski definition) is 5. The van der Waals surface area contributed by atoms with Crippen molar-refractivity contribution in [3.05, 3.63) is 54.7 Å². The summed E-state index contributed by atoms with van der Waals surface area (Å²) in [4.78, 5) is 24.1. The molecule has 6 nitrogen and oxygen atoms in total. The summed E-state index contributed by atoms with van der Waals surface area (Å²) in [6.45, 7) is 0. The number of carbonyl (C=O) groups excluding carboxylic acids is 1. The lowest BCUT2D eigenvalue weighted by molar-refractivity contribution is 0.102. The summed E-state index contributed by atoms with van der Waals surface area (Å²) in [5, 5.41) is 3.49. The normalized spacial score (nSPS) is 10.4. The third-order valence-corrected chi connectivity index (χ3v) is 2.80. The first-order valence-corrected chi connectivity index (χ1v) is 5.95. The van der Waals surface area contributed by atoms with E-state index in [4.69, 9.17) is 5.73 Å². The number of aromatic nitrogens is 3. The summed E-state index contributed by atoms with van der Waals surface area (Å²) < 4.78 is 0. The maximum absolute atomic E-state index is 12.1. The number of pyridine rings is 1. The molecule has 3 aromatic rings. The van der Waals surface area contributed by atoms with Gasteiger partial charge in [0.25, 0.3) is 5.91 Å². The highest BCUT2D eigenvalue weighted by molar-refractivity contribution is 6.05. The molecule has 6 heteroatoms. The van der Waals surface area contributed by atoms with Crippen molar-refractivity contribution in [3.8, 4) is 0 Å². The molecule has 0 aliphatic rings. The van der Waals surface area contributed by atoms with Crippen molar-refractivity contribution >= 4 is 28.2 Å². The van der Waals surface area contributed by atoms with Gasteiger partial charge in [0, 0.05) is 11.1 Å². The molecular weight excluding hydrogens is 254 g/mol. The molecule has 0 fully saturated rings. The Morgan fingerprint density at radius 1 is 1.15 bits per heavy atom. The van der Waals surface area contributed by atoms with Gasteiger partial charge in [-0.1, -0.05) is 18.2 Å². The lowest BCUT2D eigenvalue weighted by Gasteiger charge is -2.07. The Morgan fingerprint density at radius 2 is 1.90 bits per heavy atom. The molecule has 0 unspecified atom stereocenters. The maximum atomic E-state index is 12.1. The van der Waals surface area contributed by atoms with Crippen LogP contribution in [0, 0.1) is 0 Å². The standard InChI is InChI=1S/C14H11N5O/c15-11-5-13(19-12-4-2-1-3-10(11)12)14(20)18-9-6-16-8-17-7-9/h1-8H,(H2,15,19)(H,18,20). The van der Waals surface area contributed by atoms with E-state index >= 15 is 0 Å². The van der Waals surface area contributed by atoms with Gasteiger partial charge in [-0.15, -0.1) is 0 Å². The molecule has 0 saturated carbocycles. The highest BCUT2D eigenvalue weighted by Gasteiger charge is 2.11. The van der Waals surface area contributed by atoms with Crippen LogP contribution in [0.5, 0.6) is 0 Å². The first-order valence-electron chi connectivity index (χ1n) is 5.95. The second-order valence-electron chi connectivity index (χ2n) is 4.20. The molecule has 2 heterocycles. The Kier molecular flexibility index (Phi) is 2.96. The molecule has 98 valence electrons. The van der Waals surface area contributed by atoms with E-state index in [1.807, 2.05) is 24.3 Å². The topological polar surface area (TPSA) is 93.8 Å². The monoisotopic (exact) mass is 265 g/mol. The van der Waals surface area contributed by atoms with E-state index in [0.717, 1.165) is 5.39 Å². The fraction of sp³-hybridized carbons (Fsp3) is 0. The number of amides is 1. The quantitative estimate of drug-likeness (QED) is 0.737. The largest absolute Gasteiger partial charge is 0.398 e. The van der Waals surface area contributed by atoms with E-state index in [9.17, 15) is 4.79 Å². The highest BCUT2D eigenvalue weighted by atomic mass is 16.1. The fourth-order valence-electron chi connectivity index (χ4n) is 1.88. The van der Waals surface area contributed by atoms with Gasteiger partial charge in [0.05, 0.1) is 23.6 Å². The molecule has 3 N–H and O–H groups in total. The van der Waals surface area contributed by atoms with Gasteiger partial charge in [0.15, 0.2) is 0 Å². The van der Waals surface area contributed by atoms with Crippen LogP contribution in [0.15, 0.2) is 49.1 Å². The third-order valence-electron chi connectivity index (χ3n) is 2.80. The van der Waals surface area contributed by atoms with Crippen molar-refractivity contribution in [2.24, 2.45) is 0 Å². The number of benzene rings is 1. The van der Waals surface area contributed by atoms with Gasteiger partial charge < -0.3 is 11.1 Å². The molecular formula is C14H11N5O. The lowest BCUT2D eigenvalue weighted by Crippen LogP contribution is -2.14. The number of nitrogens with one attached hydrogen (secondary N) is 1. The van der Waals surface area contributed by atoms with Crippen molar-refractivity contribution in [1.82, 2.24) is 15.0 Å². The van der Waals surface area contributed by atoms with E-state index in [1.54, 1.807) is 6.07 Å². The molecule has 0 bridgehead atoms. The Morgan fingerprint density at radius 3 is 2.70 bits per heavy atom. The second kappa shape index (κ2) is 4.93. The third kappa shape index (κ3) is 2.26. The lowest BCUT2D eigenvalue weighted by atomic mass is 10.1. The van der Waals surface area contributed by atoms with Crippen LogP contribution in [0.4, 0.5) is 11.4 Å². The van der Waals surface area contributed by atoms with Crippen LogP contribution in [0.1, 0.15) is 10.5 Å². The van der Waals surface area contributed by atoms with Crippen LogP contribution >= 0.6 is 0 Å². The van der Waals surface area contributed by atoms with Crippen molar-refractivity contribution in [3.63, 3.8) is 0 Å². The van der Waals surface area contributed by atoms with Crippen LogP contribution in [0.3, 0.4) is 0 Å². The average molecular weight is 265 g/mol. The molecule has 1 aromatic carbocycles. The van der Waals surface area contributed by atoms with Gasteiger partial charge in [-0.2, -0.15) is 0 Å². The Labute approximate surface area is 114 Å². The molecule has 20 heavy (non-hydrogen) atoms. The molecule has 2 aromatic heterocycles. The molecule has 0 saturated heterocycles. The average Bonchev–Trinajstić information content (AvgIpc) is 2.48. The van der Waals surface area contributed by atoms with Crippen LogP contribution in [0.2, 0.25) is 0 Å². The van der Waals surface area contributed by atoms with Gasteiger partial charge in [0.1, 0.15) is 12.0 Å². The van der Waals surface area contributed by atoms with E-state index in [2.05, 4.69) is 20.3 Å². The minimum absolute atomic E-state index is 0.255. The smallest absolute Gasteiger partial charge is 0.274 e. The molecule has 3 rings (SSSR count). The van der Waals surface area contributed by atoms with Crippen LogP contribution in [-0.2, 0) is 0 Å². The summed E-state index contributed by atoms with van der Waals surface area (Å²) in [5.41, 5.74) is 7.90. The number of nitrogens with zero attached hydrogens (tertiary/aromatic N) is 3. The maximum Gasteiger partial charge on any atom is 0.274 e. The Hall–Kier alpha value is -3.02. The summed E-state index contributed by atoms with van der Waals surface area (Å²) in [7, 11) is 0. The zero-order valence-corrected chi connectivity index (χ0v) is 10.4. The number of para-hydroxylation sites is 1. The van der Waals surface area contributed by atoms with E-state index in [1.165, 1.54) is 18.7 Å². The molecule has 0 aliphatic heterocycles. The molecule has 0 radical (unpaired) electrons. The number of nitrogens with two attached hydrogens (primary N) is 1. The number of hydrogen-bond donors (Lipinski definition) is 2. The van der Waals surface area contributed by atoms with Crippen molar-refractivity contribution in [2.75, 3.05) is 11.1 Å². The summed E-state index contributed by atoms with van der Waals surface area (Å²) in [6.07, 6.45) is 4.41. The first kappa shape index (κ1) is 12.0. The van der Waals surface area contributed by atoms with Gasteiger partial charge in [-0.3, -0.25) is 4.79 Å². The molecule has 0 aliphatic carbocycles. The summed E-state index contributed by atoms with van der Waals surface area (Å²) >= 11 is 0. The molecule has 0 spiro atoms.